The molecule has 130 valence electrons. The van der Waals surface area contributed by atoms with E-state index in [9.17, 15) is 4.79 Å². The van der Waals surface area contributed by atoms with E-state index in [4.69, 9.17) is 4.74 Å². The van der Waals surface area contributed by atoms with Crippen molar-refractivity contribution in [2.24, 2.45) is 4.99 Å². The number of aryl methyl sites for hydroxylation is 1. The fourth-order valence-corrected chi connectivity index (χ4v) is 2.82. The summed E-state index contributed by atoms with van der Waals surface area (Å²) in [4.78, 5) is 19.1. The zero-order chi connectivity index (χ0) is 17.6. The smallest absolute Gasteiger partial charge is 0.331 e. The molecule has 25 heavy (non-hydrogen) atoms. The highest BCUT2D eigenvalue weighted by atomic mass is 16.5. The van der Waals surface area contributed by atoms with Gasteiger partial charge in [0.05, 0.1) is 12.8 Å². The summed E-state index contributed by atoms with van der Waals surface area (Å²) in [5.74, 6) is 1.57. The van der Waals surface area contributed by atoms with E-state index < -0.39 is 0 Å². The van der Waals surface area contributed by atoms with Crippen LogP contribution in [0, 0.1) is 0 Å². The Bertz CT molecular complexity index is 752. The van der Waals surface area contributed by atoms with E-state index in [1.165, 1.54) is 5.56 Å². The van der Waals surface area contributed by atoms with Crippen LogP contribution in [0.3, 0.4) is 0 Å². The van der Waals surface area contributed by atoms with Gasteiger partial charge in [-0.05, 0) is 54.8 Å². The van der Waals surface area contributed by atoms with Crippen LogP contribution in [-0.4, -0.2) is 25.5 Å². The van der Waals surface area contributed by atoms with Crippen molar-refractivity contribution in [1.29, 1.82) is 0 Å². The number of nitrogens with zero attached hydrogens (tertiary/aromatic N) is 2. The Morgan fingerprint density at radius 2 is 1.88 bits per heavy atom. The van der Waals surface area contributed by atoms with Crippen LogP contribution in [0.2, 0.25) is 0 Å². The van der Waals surface area contributed by atoms with Crippen LogP contribution < -0.4 is 15.0 Å². The molecule has 0 bridgehead atoms. The van der Waals surface area contributed by atoms with Gasteiger partial charge in [0, 0.05) is 18.7 Å². The van der Waals surface area contributed by atoms with Crippen molar-refractivity contribution in [2.75, 3.05) is 23.9 Å². The average Bonchev–Trinajstić information content (AvgIpc) is 3.17. The fourth-order valence-electron chi connectivity index (χ4n) is 2.82. The van der Waals surface area contributed by atoms with Gasteiger partial charge in [0.2, 0.25) is 0 Å². The van der Waals surface area contributed by atoms with Crippen LogP contribution >= 0.6 is 0 Å². The SMILES string of the molecule is CCc1ccc(N(C(=O)Nc2ccc(OC)cc2)C2=NCCC2)cc1. The third-order valence-electron chi connectivity index (χ3n) is 4.26. The first kappa shape index (κ1) is 17.0. The van der Waals surface area contributed by atoms with Crippen molar-refractivity contribution in [3.63, 3.8) is 0 Å². The number of hydrogen-bond acceptors (Lipinski definition) is 3. The number of nitrogens with one attached hydrogen (secondary N) is 1. The Morgan fingerprint density at radius 3 is 2.44 bits per heavy atom. The summed E-state index contributed by atoms with van der Waals surface area (Å²) in [6.07, 6.45) is 2.76. The van der Waals surface area contributed by atoms with Gasteiger partial charge in [0.25, 0.3) is 0 Å². The maximum Gasteiger partial charge on any atom is 0.331 e. The molecule has 0 aliphatic carbocycles. The number of amides is 2. The van der Waals surface area contributed by atoms with E-state index in [1.54, 1.807) is 12.0 Å². The maximum absolute atomic E-state index is 12.9. The Hall–Kier alpha value is -2.82. The number of ether oxygens (including phenoxy) is 1. The third-order valence-corrected chi connectivity index (χ3v) is 4.26. The fraction of sp³-hybridized carbons (Fsp3) is 0.300. The number of methoxy groups -OCH3 is 1. The van der Waals surface area contributed by atoms with E-state index in [-0.39, 0.29) is 6.03 Å². The summed E-state index contributed by atoms with van der Waals surface area (Å²) in [7, 11) is 1.62. The van der Waals surface area contributed by atoms with E-state index in [2.05, 4.69) is 29.4 Å². The second kappa shape index (κ2) is 7.83. The highest BCUT2D eigenvalue weighted by Gasteiger charge is 2.23. The summed E-state index contributed by atoms with van der Waals surface area (Å²) in [5, 5.41) is 2.95. The first-order valence-electron chi connectivity index (χ1n) is 8.58. The lowest BCUT2D eigenvalue weighted by atomic mass is 10.1. The van der Waals surface area contributed by atoms with Crippen LogP contribution in [0.4, 0.5) is 16.2 Å². The molecule has 0 saturated carbocycles. The second-order valence-electron chi connectivity index (χ2n) is 5.92. The van der Waals surface area contributed by atoms with Crippen LogP contribution in [0.1, 0.15) is 25.3 Å². The molecular weight excluding hydrogens is 314 g/mol. The summed E-state index contributed by atoms with van der Waals surface area (Å²) < 4.78 is 5.15. The lowest BCUT2D eigenvalue weighted by Gasteiger charge is -2.23. The highest BCUT2D eigenvalue weighted by Crippen LogP contribution is 2.22. The monoisotopic (exact) mass is 337 g/mol. The van der Waals surface area contributed by atoms with Gasteiger partial charge in [0.1, 0.15) is 11.6 Å². The molecule has 5 nitrogen and oxygen atoms in total. The van der Waals surface area contributed by atoms with Crippen LogP contribution in [0.25, 0.3) is 0 Å². The van der Waals surface area contributed by atoms with Gasteiger partial charge in [0.15, 0.2) is 0 Å². The van der Waals surface area contributed by atoms with Crippen molar-refractivity contribution < 1.29 is 9.53 Å². The van der Waals surface area contributed by atoms with Gasteiger partial charge in [-0.25, -0.2) is 4.79 Å². The summed E-state index contributed by atoms with van der Waals surface area (Å²) in [6.45, 7) is 2.89. The molecule has 2 aromatic carbocycles. The van der Waals surface area contributed by atoms with Crippen molar-refractivity contribution in [2.45, 2.75) is 26.2 Å². The maximum atomic E-state index is 12.9. The predicted molar refractivity (Wildman–Crippen MR) is 102 cm³/mol. The molecule has 1 aliphatic heterocycles. The zero-order valence-electron chi connectivity index (χ0n) is 14.7. The minimum absolute atomic E-state index is 0.199. The van der Waals surface area contributed by atoms with E-state index in [1.807, 2.05) is 36.4 Å². The Balaban J connectivity index is 1.83. The minimum atomic E-state index is -0.199. The Labute approximate surface area is 148 Å². The molecule has 0 radical (unpaired) electrons. The lowest BCUT2D eigenvalue weighted by Crippen LogP contribution is -2.39. The number of hydrogen-bond donors (Lipinski definition) is 1. The first-order valence-corrected chi connectivity index (χ1v) is 8.58. The van der Waals surface area contributed by atoms with Crippen LogP contribution in [-0.2, 0) is 6.42 Å². The molecule has 0 unspecified atom stereocenters. The second-order valence-corrected chi connectivity index (χ2v) is 5.92. The lowest BCUT2D eigenvalue weighted by molar-refractivity contribution is 0.259. The van der Waals surface area contributed by atoms with Crippen molar-refractivity contribution in [1.82, 2.24) is 0 Å². The summed E-state index contributed by atoms with van der Waals surface area (Å²) in [6, 6.07) is 15.2. The topological polar surface area (TPSA) is 53.9 Å². The Morgan fingerprint density at radius 1 is 1.16 bits per heavy atom. The Kier molecular flexibility index (Phi) is 5.33. The van der Waals surface area contributed by atoms with Gasteiger partial charge < -0.3 is 10.1 Å². The highest BCUT2D eigenvalue weighted by molar-refractivity contribution is 6.20. The molecule has 0 aromatic heterocycles. The van der Waals surface area contributed by atoms with E-state index >= 15 is 0 Å². The van der Waals surface area contributed by atoms with Crippen LogP contribution in [0.15, 0.2) is 53.5 Å². The van der Waals surface area contributed by atoms with E-state index in [0.29, 0.717) is 0 Å². The zero-order valence-corrected chi connectivity index (χ0v) is 14.7. The number of carbonyl (C=O) groups excluding carboxylic acids is 1. The predicted octanol–water partition coefficient (Wildman–Crippen LogP) is 4.49. The van der Waals surface area contributed by atoms with Gasteiger partial charge in [-0.2, -0.15) is 0 Å². The first-order chi connectivity index (χ1) is 12.2. The minimum Gasteiger partial charge on any atom is -0.497 e. The van der Waals surface area contributed by atoms with Gasteiger partial charge in [-0.1, -0.05) is 19.1 Å². The van der Waals surface area contributed by atoms with Crippen molar-refractivity contribution >= 4 is 23.2 Å². The van der Waals surface area contributed by atoms with Gasteiger partial charge in [-0.15, -0.1) is 0 Å². The van der Waals surface area contributed by atoms with E-state index in [0.717, 1.165) is 48.8 Å². The number of anilines is 2. The molecular formula is C20H23N3O2. The molecule has 1 aliphatic rings. The number of urea groups is 1. The summed E-state index contributed by atoms with van der Waals surface area (Å²) in [5.41, 5.74) is 2.80. The largest absolute Gasteiger partial charge is 0.497 e. The molecule has 5 heteroatoms. The quantitative estimate of drug-likeness (QED) is 0.894. The molecule has 2 aromatic rings. The van der Waals surface area contributed by atoms with Crippen LogP contribution in [0.5, 0.6) is 5.75 Å². The van der Waals surface area contributed by atoms with Crippen molar-refractivity contribution in [3.05, 3.63) is 54.1 Å². The average molecular weight is 337 g/mol. The number of benzene rings is 2. The number of aliphatic imine (C=N–C) groups is 1. The van der Waals surface area contributed by atoms with Crippen molar-refractivity contribution in [3.8, 4) is 5.75 Å². The molecule has 1 N–H and O–H groups in total. The molecule has 0 fully saturated rings. The third kappa shape index (κ3) is 3.99. The standard InChI is InChI=1S/C20H23N3O2/c1-3-15-6-10-17(11-7-15)23(19-5-4-14-21-19)20(24)22-16-8-12-18(25-2)13-9-16/h6-13H,3-5,14H2,1-2H3,(H,22,24). The molecule has 0 saturated heterocycles. The molecule has 2 amide bonds. The van der Waals surface area contributed by atoms with Gasteiger partial charge >= 0.3 is 6.03 Å². The normalized spacial score (nSPS) is 13.3. The number of carbonyl (C=O) groups is 1. The van der Waals surface area contributed by atoms with Gasteiger partial charge in [-0.3, -0.25) is 9.89 Å². The molecule has 0 atom stereocenters. The molecule has 3 rings (SSSR count). The number of rotatable bonds is 4. The molecule has 0 spiro atoms. The summed E-state index contributed by atoms with van der Waals surface area (Å²) >= 11 is 0. The number of amidine groups is 1. The molecule has 1 heterocycles.